The molecule has 0 heterocycles. The summed E-state index contributed by atoms with van der Waals surface area (Å²) in [5, 5.41) is 15.9. The summed E-state index contributed by atoms with van der Waals surface area (Å²) in [4.78, 5) is 47.0. The first-order chi connectivity index (χ1) is 16.5. The van der Waals surface area contributed by atoms with Crippen LogP contribution in [0, 0.1) is 10.1 Å². The van der Waals surface area contributed by atoms with Gasteiger partial charge in [0.1, 0.15) is 24.0 Å². The number of nitrogens with one attached hydrogen (secondary N) is 2. The second-order valence-corrected chi connectivity index (χ2v) is 8.50. The Hall–Kier alpha value is -4.15. The molecule has 0 saturated heterocycles. The molecule has 0 unspecified atom stereocenters. The second-order valence-electron chi connectivity index (χ2n) is 8.50. The number of carbonyl (C=O) groups is 3. The fraction of sp³-hybridized carbons (Fsp3) is 0.375. The lowest BCUT2D eigenvalue weighted by Gasteiger charge is -2.20. The molecule has 1 atom stereocenters. The normalized spacial score (nSPS) is 11.6. The summed E-state index contributed by atoms with van der Waals surface area (Å²) < 4.78 is 15.6. The molecule has 0 saturated carbocycles. The van der Waals surface area contributed by atoms with Crippen LogP contribution in [0.1, 0.15) is 39.2 Å². The first-order valence-electron chi connectivity index (χ1n) is 10.9. The third-order valence-electron chi connectivity index (χ3n) is 4.39. The van der Waals surface area contributed by atoms with Crippen LogP contribution in [0.4, 0.5) is 15.3 Å². The van der Waals surface area contributed by atoms with Crippen LogP contribution in [0.2, 0.25) is 0 Å². The highest BCUT2D eigenvalue weighted by Crippen LogP contribution is 2.18. The van der Waals surface area contributed by atoms with E-state index in [9.17, 15) is 24.5 Å². The number of esters is 1. The Balaban J connectivity index is 1.95. The summed E-state index contributed by atoms with van der Waals surface area (Å²) in [6, 6.07) is 12.9. The highest BCUT2D eigenvalue weighted by Gasteiger charge is 2.24. The van der Waals surface area contributed by atoms with Crippen LogP contribution in [0.15, 0.2) is 54.6 Å². The summed E-state index contributed by atoms with van der Waals surface area (Å²) in [5.41, 5.74) is -0.0305. The Bertz CT molecular complexity index is 1000. The van der Waals surface area contributed by atoms with E-state index < -0.39 is 34.7 Å². The molecule has 0 aliphatic carbocycles. The van der Waals surface area contributed by atoms with Crippen LogP contribution in [-0.4, -0.2) is 41.3 Å². The number of non-ortho nitro benzene ring substituents is 1. The van der Waals surface area contributed by atoms with Crippen LogP contribution in [0.25, 0.3) is 0 Å². The van der Waals surface area contributed by atoms with Crippen molar-refractivity contribution in [2.45, 2.75) is 51.9 Å². The molecule has 0 aromatic heterocycles. The molecule has 2 aromatic rings. The highest BCUT2D eigenvalue weighted by atomic mass is 16.6. The van der Waals surface area contributed by atoms with Crippen molar-refractivity contribution in [1.29, 1.82) is 0 Å². The molecule has 0 bridgehead atoms. The fourth-order valence-corrected chi connectivity index (χ4v) is 2.79. The van der Waals surface area contributed by atoms with Gasteiger partial charge in [-0.3, -0.25) is 10.1 Å². The second kappa shape index (κ2) is 12.9. The number of hydrogen-bond donors (Lipinski definition) is 2. The maximum atomic E-state index is 12.7. The lowest BCUT2D eigenvalue weighted by atomic mass is 10.1. The zero-order valence-corrected chi connectivity index (χ0v) is 19.8. The number of nitro benzene ring substituents is 1. The Kier molecular flexibility index (Phi) is 10.0. The average Bonchev–Trinajstić information content (AvgIpc) is 2.79. The predicted molar refractivity (Wildman–Crippen MR) is 126 cm³/mol. The van der Waals surface area contributed by atoms with Crippen LogP contribution in [0.5, 0.6) is 5.75 Å². The number of rotatable bonds is 10. The summed E-state index contributed by atoms with van der Waals surface area (Å²) in [6.45, 7) is 5.42. The Labute approximate surface area is 202 Å². The van der Waals surface area contributed by atoms with Crippen molar-refractivity contribution in [3.63, 3.8) is 0 Å². The Morgan fingerprint density at radius 1 is 1.00 bits per heavy atom. The third-order valence-corrected chi connectivity index (χ3v) is 4.39. The van der Waals surface area contributed by atoms with Crippen LogP contribution in [-0.2, 0) is 20.9 Å². The molecule has 0 aliphatic heterocycles. The van der Waals surface area contributed by atoms with Crippen molar-refractivity contribution in [2.24, 2.45) is 0 Å². The molecule has 11 heteroatoms. The van der Waals surface area contributed by atoms with Gasteiger partial charge in [0.15, 0.2) is 0 Å². The van der Waals surface area contributed by atoms with Gasteiger partial charge in [0.05, 0.1) is 4.92 Å². The van der Waals surface area contributed by atoms with E-state index in [2.05, 4.69) is 10.6 Å². The first kappa shape index (κ1) is 27.1. The smallest absolute Gasteiger partial charge is 0.408 e. The zero-order chi connectivity index (χ0) is 25.8. The number of hydrogen-bond acceptors (Lipinski definition) is 8. The minimum Gasteiger partial charge on any atom is -0.445 e. The Morgan fingerprint density at radius 2 is 1.66 bits per heavy atom. The summed E-state index contributed by atoms with van der Waals surface area (Å²) in [7, 11) is 0. The van der Waals surface area contributed by atoms with Crippen molar-refractivity contribution < 1.29 is 33.5 Å². The number of alkyl carbamates (subject to hydrolysis) is 2. The molecule has 2 amide bonds. The van der Waals surface area contributed by atoms with Gasteiger partial charge in [-0.1, -0.05) is 30.3 Å². The number of carbonyl (C=O) groups excluding carboxylic acids is 3. The van der Waals surface area contributed by atoms with Crippen LogP contribution >= 0.6 is 0 Å². The maximum Gasteiger partial charge on any atom is 0.408 e. The maximum absolute atomic E-state index is 12.7. The molecule has 2 rings (SSSR count). The van der Waals surface area contributed by atoms with E-state index in [0.717, 1.165) is 5.56 Å². The Morgan fingerprint density at radius 3 is 2.26 bits per heavy atom. The topological polar surface area (TPSA) is 146 Å². The molecule has 2 N–H and O–H groups in total. The number of benzene rings is 2. The van der Waals surface area contributed by atoms with Crippen molar-refractivity contribution in [2.75, 3.05) is 6.54 Å². The van der Waals surface area contributed by atoms with E-state index in [1.807, 2.05) is 6.07 Å². The molecular formula is C24H29N3O8. The molecule has 35 heavy (non-hydrogen) atoms. The van der Waals surface area contributed by atoms with E-state index in [-0.39, 0.29) is 31.0 Å². The number of amides is 2. The van der Waals surface area contributed by atoms with E-state index in [1.165, 1.54) is 24.3 Å². The van der Waals surface area contributed by atoms with Crippen molar-refractivity contribution in [3.05, 3.63) is 70.3 Å². The molecule has 0 fully saturated rings. The lowest BCUT2D eigenvalue weighted by Crippen LogP contribution is -2.43. The number of nitrogens with zero attached hydrogens (tertiary/aromatic N) is 1. The van der Waals surface area contributed by atoms with E-state index in [1.54, 1.807) is 45.0 Å². The van der Waals surface area contributed by atoms with Gasteiger partial charge in [0, 0.05) is 18.7 Å². The van der Waals surface area contributed by atoms with Gasteiger partial charge in [-0.05, 0) is 51.3 Å². The van der Waals surface area contributed by atoms with Gasteiger partial charge >= 0.3 is 18.2 Å². The first-order valence-corrected chi connectivity index (χ1v) is 10.9. The van der Waals surface area contributed by atoms with Crippen molar-refractivity contribution in [1.82, 2.24) is 10.6 Å². The highest BCUT2D eigenvalue weighted by molar-refractivity contribution is 5.83. The SMILES string of the molecule is CC(C)(C)OC(=O)NCCC[C@@H](NC(=O)OCc1ccccc1)C(=O)Oc1ccc([N+](=O)[O-])cc1. The number of nitro groups is 1. The number of ether oxygens (including phenoxy) is 3. The van der Waals surface area contributed by atoms with Gasteiger partial charge in [0.2, 0.25) is 0 Å². The monoisotopic (exact) mass is 487 g/mol. The van der Waals surface area contributed by atoms with Gasteiger partial charge in [-0.2, -0.15) is 0 Å². The van der Waals surface area contributed by atoms with E-state index in [0.29, 0.717) is 6.42 Å². The van der Waals surface area contributed by atoms with Gasteiger partial charge < -0.3 is 24.8 Å². The molecule has 0 radical (unpaired) electrons. The van der Waals surface area contributed by atoms with Gasteiger partial charge in [-0.15, -0.1) is 0 Å². The summed E-state index contributed by atoms with van der Waals surface area (Å²) >= 11 is 0. The third kappa shape index (κ3) is 10.5. The largest absolute Gasteiger partial charge is 0.445 e. The fourth-order valence-electron chi connectivity index (χ4n) is 2.79. The quantitative estimate of drug-likeness (QED) is 0.167. The predicted octanol–water partition coefficient (Wildman–Crippen LogP) is 4.10. The molecule has 2 aromatic carbocycles. The van der Waals surface area contributed by atoms with Crippen molar-refractivity contribution in [3.8, 4) is 5.75 Å². The molecule has 188 valence electrons. The molecule has 11 nitrogen and oxygen atoms in total. The minimum absolute atomic E-state index is 0.0109. The summed E-state index contributed by atoms with van der Waals surface area (Å²) in [5.74, 6) is -0.704. The van der Waals surface area contributed by atoms with Crippen LogP contribution < -0.4 is 15.4 Å². The molecule has 0 aliphatic rings. The van der Waals surface area contributed by atoms with E-state index in [4.69, 9.17) is 14.2 Å². The van der Waals surface area contributed by atoms with E-state index >= 15 is 0 Å². The lowest BCUT2D eigenvalue weighted by molar-refractivity contribution is -0.384. The summed E-state index contributed by atoms with van der Waals surface area (Å²) in [6.07, 6.45) is -0.974. The van der Waals surface area contributed by atoms with Gasteiger partial charge in [0.25, 0.3) is 5.69 Å². The van der Waals surface area contributed by atoms with Gasteiger partial charge in [-0.25, -0.2) is 14.4 Å². The standard InChI is InChI=1S/C24H29N3O8/c1-24(2,3)35-22(29)25-15-7-10-20(26-23(30)33-16-17-8-5-4-6-9-17)21(28)34-19-13-11-18(12-14-19)27(31)32/h4-6,8-9,11-14,20H,7,10,15-16H2,1-3H3,(H,25,29)(H,26,30)/t20-/m1/s1. The minimum atomic E-state index is -1.09. The van der Waals surface area contributed by atoms with Crippen molar-refractivity contribution >= 4 is 23.8 Å². The average molecular weight is 488 g/mol. The zero-order valence-electron chi connectivity index (χ0n) is 19.8. The molecular weight excluding hydrogens is 458 g/mol. The molecule has 0 spiro atoms. The van der Waals surface area contributed by atoms with Crippen LogP contribution in [0.3, 0.4) is 0 Å².